The average Bonchev–Trinajstić information content (AvgIpc) is 2.74. The van der Waals surface area contributed by atoms with Crippen LogP contribution in [0.15, 0.2) is 18.2 Å². The van der Waals surface area contributed by atoms with E-state index in [2.05, 4.69) is 33.6 Å². The van der Waals surface area contributed by atoms with Crippen molar-refractivity contribution in [1.82, 2.24) is 9.80 Å². The summed E-state index contributed by atoms with van der Waals surface area (Å²) in [5.41, 5.74) is 2.04. The van der Waals surface area contributed by atoms with Crippen LogP contribution >= 0.6 is 22.6 Å². The number of halogens is 1. The number of nitrogens with zero attached hydrogens (tertiary/aromatic N) is 2. The van der Waals surface area contributed by atoms with E-state index in [9.17, 15) is 4.79 Å². The number of morpholine rings is 1. The lowest BCUT2D eigenvalue weighted by Crippen LogP contribution is -2.41. The van der Waals surface area contributed by atoms with Crippen molar-refractivity contribution in [3.05, 3.63) is 32.9 Å². The number of carbonyl (C=O) groups is 1. The second-order valence-electron chi connectivity index (χ2n) is 4.98. The fourth-order valence-corrected chi connectivity index (χ4v) is 3.17. The molecule has 0 unspecified atom stereocenters. The Balaban J connectivity index is 1.60. The molecule has 0 bridgehead atoms. The molecular formula is C14H17IN2O2. The van der Waals surface area contributed by atoms with Gasteiger partial charge in [0.05, 0.1) is 13.2 Å². The minimum atomic E-state index is 0.180. The van der Waals surface area contributed by atoms with Crippen molar-refractivity contribution in [2.75, 3.05) is 39.4 Å². The molecule has 0 saturated carbocycles. The van der Waals surface area contributed by atoms with Gasteiger partial charge < -0.3 is 9.64 Å². The number of rotatable bonds is 3. The van der Waals surface area contributed by atoms with Gasteiger partial charge in [0.15, 0.2) is 0 Å². The van der Waals surface area contributed by atoms with E-state index in [1.165, 1.54) is 9.13 Å². The van der Waals surface area contributed by atoms with Gasteiger partial charge in [-0.3, -0.25) is 9.69 Å². The Morgan fingerprint density at radius 2 is 2.00 bits per heavy atom. The van der Waals surface area contributed by atoms with Crippen molar-refractivity contribution in [3.8, 4) is 0 Å². The van der Waals surface area contributed by atoms with E-state index < -0.39 is 0 Å². The van der Waals surface area contributed by atoms with Crippen molar-refractivity contribution < 1.29 is 9.53 Å². The summed E-state index contributed by atoms with van der Waals surface area (Å²) < 4.78 is 6.53. The van der Waals surface area contributed by atoms with Gasteiger partial charge in [0.2, 0.25) is 0 Å². The molecule has 3 rings (SSSR count). The van der Waals surface area contributed by atoms with E-state index in [1.807, 2.05) is 17.0 Å². The predicted octanol–water partition coefficient (Wildman–Crippen LogP) is 1.58. The molecule has 1 saturated heterocycles. The third-order valence-electron chi connectivity index (χ3n) is 3.74. The van der Waals surface area contributed by atoms with Crippen LogP contribution in [-0.2, 0) is 11.3 Å². The van der Waals surface area contributed by atoms with E-state index in [-0.39, 0.29) is 5.91 Å². The standard InChI is InChI=1S/C14H17IN2O2/c15-12-1-2-13-11(9-12)10-17(14(13)18)4-3-16-5-7-19-8-6-16/h1-2,9H,3-8,10H2. The maximum absolute atomic E-state index is 12.3. The minimum Gasteiger partial charge on any atom is -0.379 e. The Hall–Kier alpha value is -0.660. The quantitative estimate of drug-likeness (QED) is 0.756. The van der Waals surface area contributed by atoms with Gasteiger partial charge in [0.25, 0.3) is 5.91 Å². The SMILES string of the molecule is O=C1c2ccc(I)cc2CN1CCN1CCOCC1. The Bertz CT molecular complexity index is 486. The third kappa shape index (κ3) is 2.93. The first-order valence-corrected chi connectivity index (χ1v) is 7.70. The molecule has 2 heterocycles. The largest absolute Gasteiger partial charge is 0.379 e. The summed E-state index contributed by atoms with van der Waals surface area (Å²) >= 11 is 2.29. The van der Waals surface area contributed by atoms with Crippen LogP contribution < -0.4 is 0 Å². The van der Waals surface area contributed by atoms with Crippen LogP contribution in [-0.4, -0.2) is 55.1 Å². The number of benzene rings is 1. The second kappa shape index (κ2) is 5.76. The molecule has 2 aliphatic heterocycles. The van der Waals surface area contributed by atoms with Crippen molar-refractivity contribution in [3.63, 3.8) is 0 Å². The Labute approximate surface area is 126 Å². The van der Waals surface area contributed by atoms with Crippen molar-refractivity contribution >= 4 is 28.5 Å². The van der Waals surface area contributed by atoms with Gasteiger partial charge in [-0.2, -0.15) is 0 Å². The molecule has 102 valence electrons. The topological polar surface area (TPSA) is 32.8 Å². The van der Waals surface area contributed by atoms with Gasteiger partial charge in [-0.15, -0.1) is 0 Å². The first kappa shape index (κ1) is 13.3. The smallest absolute Gasteiger partial charge is 0.254 e. The summed E-state index contributed by atoms with van der Waals surface area (Å²) in [7, 11) is 0. The van der Waals surface area contributed by atoms with Gasteiger partial charge in [-0.25, -0.2) is 0 Å². The first-order valence-electron chi connectivity index (χ1n) is 6.62. The molecule has 1 aromatic rings. The molecule has 19 heavy (non-hydrogen) atoms. The van der Waals surface area contributed by atoms with Crippen LogP contribution in [0.4, 0.5) is 0 Å². The molecule has 0 aliphatic carbocycles. The van der Waals surface area contributed by atoms with Crippen molar-refractivity contribution in [2.45, 2.75) is 6.54 Å². The van der Waals surface area contributed by atoms with Crippen molar-refractivity contribution in [1.29, 1.82) is 0 Å². The lowest BCUT2D eigenvalue weighted by atomic mass is 10.1. The third-order valence-corrected chi connectivity index (χ3v) is 4.41. The molecule has 5 heteroatoms. The molecule has 1 amide bonds. The average molecular weight is 372 g/mol. The highest BCUT2D eigenvalue weighted by Crippen LogP contribution is 2.24. The summed E-state index contributed by atoms with van der Waals surface area (Å²) in [5.74, 6) is 0.180. The summed E-state index contributed by atoms with van der Waals surface area (Å²) in [6, 6.07) is 6.07. The number of fused-ring (bicyclic) bond motifs is 1. The van der Waals surface area contributed by atoms with Gasteiger partial charge in [-0.1, -0.05) is 0 Å². The predicted molar refractivity (Wildman–Crippen MR) is 81.2 cm³/mol. The molecule has 1 fully saturated rings. The number of amides is 1. The summed E-state index contributed by atoms with van der Waals surface area (Å²) in [6.45, 7) is 6.10. The molecule has 2 aliphatic rings. The first-order chi connectivity index (χ1) is 9.24. The van der Waals surface area contributed by atoms with E-state index in [4.69, 9.17) is 4.74 Å². The van der Waals surface area contributed by atoms with Crippen LogP contribution in [0.2, 0.25) is 0 Å². The van der Waals surface area contributed by atoms with E-state index in [0.717, 1.165) is 51.5 Å². The normalized spacial score (nSPS) is 19.8. The van der Waals surface area contributed by atoms with Gasteiger partial charge in [-0.05, 0) is 46.4 Å². The van der Waals surface area contributed by atoms with Crippen LogP contribution in [0.1, 0.15) is 15.9 Å². The molecule has 1 aromatic carbocycles. The Kier molecular flexibility index (Phi) is 4.04. The molecule has 0 N–H and O–H groups in total. The zero-order valence-corrected chi connectivity index (χ0v) is 12.9. The molecule has 0 radical (unpaired) electrons. The zero-order chi connectivity index (χ0) is 13.2. The summed E-state index contributed by atoms with van der Waals surface area (Å²) in [6.07, 6.45) is 0. The lowest BCUT2D eigenvalue weighted by Gasteiger charge is -2.28. The number of carbonyl (C=O) groups excluding carboxylic acids is 1. The van der Waals surface area contributed by atoms with Crippen molar-refractivity contribution in [2.24, 2.45) is 0 Å². The molecule has 4 nitrogen and oxygen atoms in total. The van der Waals surface area contributed by atoms with Crippen LogP contribution in [0.25, 0.3) is 0 Å². The second-order valence-corrected chi connectivity index (χ2v) is 6.23. The summed E-state index contributed by atoms with van der Waals surface area (Å²) in [5, 5.41) is 0. The highest BCUT2D eigenvalue weighted by atomic mass is 127. The fraction of sp³-hybridized carbons (Fsp3) is 0.500. The maximum Gasteiger partial charge on any atom is 0.254 e. The fourth-order valence-electron chi connectivity index (χ4n) is 2.62. The Morgan fingerprint density at radius 3 is 2.79 bits per heavy atom. The zero-order valence-electron chi connectivity index (χ0n) is 10.8. The van der Waals surface area contributed by atoms with Gasteiger partial charge in [0, 0.05) is 41.9 Å². The van der Waals surface area contributed by atoms with E-state index in [1.54, 1.807) is 0 Å². The molecule has 0 aromatic heterocycles. The molecule has 0 spiro atoms. The molecular weight excluding hydrogens is 355 g/mol. The van der Waals surface area contributed by atoms with Crippen LogP contribution in [0.5, 0.6) is 0 Å². The van der Waals surface area contributed by atoms with Crippen LogP contribution in [0.3, 0.4) is 0 Å². The number of hydrogen-bond donors (Lipinski definition) is 0. The molecule has 0 atom stereocenters. The van der Waals surface area contributed by atoms with Crippen LogP contribution in [0, 0.1) is 3.57 Å². The highest BCUT2D eigenvalue weighted by Gasteiger charge is 2.27. The monoisotopic (exact) mass is 372 g/mol. The highest BCUT2D eigenvalue weighted by molar-refractivity contribution is 14.1. The Morgan fingerprint density at radius 1 is 1.21 bits per heavy atom. The number of ether oxygens (including phenoxy) is 1. The minimum absolute atomic E-state index is 0.180. The van der Waals surface area contributed by atoms with Gasteiger partial charge in [0.1, 0.15) is 0 Å². The summed E-state index contributed by atoms with van der Waals surface area (Å²) in [4.78, 5) is 16.6. The van der Waals surface area contributed by atoms with E-state index in [0.29, 0.717) is 0 Å². The maximum atomic E-state index is 12.3. The van der Waals surface area contributed by atoms with E-state index >= 15 is 0 Å². The lowest BCUT2D eigenvalue weighted by molar-refractivity contribution is 0.0327. The van der Waals surface area contributed by atoms with Gasteiger partial charge >= 0.3 is 0 Å². The number of hydrogen-bond acceptors (Lipinski definition) is 3.